The Hall–Kier alpha value is -1.68. The fourth-order valence-corrected chi connectivity index (χ4v) is 2.47. The van der Waals surface area contributed by atoms with Crippen molar-refractivity contribution in [2.24, 2.45) is 0 Å². The molecule has 0 aromatic heterocycles. The standard InChI is InChI=1S/C14H13F13O8/c15-9(16,10(17,18)11(19,20)12(21,22)13(23,24)14(25,26)27)2(28)1-34-8-5(31)3(29)4(30)6(35-8)7(32)33/h2-6,8,28-31H,1H2,(H,32,33)/t2?,3-,4-,5+,6-,8+/m0/s1. The number of carbonyl (C=O) groups is 1. The minimum Gasteiger partial charge on any atom is -0.479 e. The molecule has 0 amide bonds. The van der Waals surface area contributed by atoms with Crippen molar-refractivity contribution in [2.45, 2.75) is 72.6 Å². The molecule has 6 atom stereocenters. The molecule has 1 rings (SSSR count). The Bertz CT molecular complexity index is 774. The number of carboxylic acid groups (broad SMARTS) is 1. The summed E-state index contributed by atoms with van der Waals surface area (Å²) in [5, 5.41) is 46.1. The van der Waals surface area contributed by atoms with Gasteiger partial charge < -0.3 is 35.0 Å². The van der Waals surface area contributed by atoms with E-state index in [0.29, 0.717) is 0 Å². The maximum Gasteiger partial charge on any atom is 0.460 e. The third-order valence-electron chi connectivity index (χ3n) is 4.61. The third-order valence-corrected chi connectivity index (χ3v) is 4.61. The highest BCUT2D eigenvalue weighted by Gasteiger charge is 2.91. The molecule has 1 unspecified atom stereocenters. The monoisotopic (exact) mass is 556 g/mol. The van der Waals surface area contributed by atoms with E-state index >= 15 is 0 Å². The van der Waals surface area contributed by atoms with E-state index in [4.69, 9.17) is 10.2 Å². The second-order valence-electron chi connectivity index (χ2n) is 7.00. The molecule has 0 saturated carbocycles. The van der Waals surface area contributed by atoms with Crippen LogP contribution >= 0.6 is 0 Å². The van der Waals surface area contributed by atoms with E-state index in [0.717, 1.165) is 0 Å². The van der Waals surface area contributed by atoms with E-state index in [1.54, 1.807) is 0 Å². The predicted molar refractivity (Wildman–Crippen MR) is 77.1 cm³/mol. The zero-order chi connectivity index (χ0) is 28.2. The third kappa shape index (κ3) is 4.84. The van der Waals surface area contributed by atoms with Gasteiger partial charge in [-0.15, -0.1) is 0 Å². The zero-order valence-corrected chi connectivity index (χ0v) is 16.0. The van der Waals surface area contributed by atoms with Gasteiger partial charge in [0.05, 0.1) is 6.61 Å². The van der Waals surface area contributed by atoms with Gasteiger partial charge in [-0.1, -0.05) is 0 Å². The smallest absolute Gasteiger partial charge is 0.460 e. The quantitative estimate of drug-likeness (QED) is 0.266. The molecule has 1 saturated heterocycles. The maximum absolute atomic E-state index is 13.8. The summed E-state index contributed by atoms with van der Waals surface area (Å²) in [6.07, 6.45) is -24.7. The summed E-state index contributed by atoms with van der Waals surface area (Å²) in [4.78, 5) is 10.8. The lowest BCUT2D eigenvalue weighted by Gasteiger charge is -2.41. The summed E-state index contributed by atoms with van der Waals surface area (Å²) >= 11 is 0. The zero-order valence-electron chi connectivity index (χ0n) is 16.0. The first-order valence-electron chi connectivity index (χ1n) is 8.48. The maximum atomic E-state index is 13.8. The summed E-state index contributed by atoms with van der Waals surface area (Å²) in [5.41, 5.74) is 0. The number of aliphatic carboxylic acids is 1. The van der Waals surface area contributed by atoms with Crippen LogP contribution in [-0.2, 0) is 14.3 Å². The molecule has 1 fully saturated rings. The van der Waals surface area contributed by atoms with Crippen molar-refractivity contribution in [3.05, 3.63) is 0 Å². The number of carboxylic acids is 1. The summed E-state index contributed by atoms with van der Waals surface area (Å²) in [6, 6.07) is 0. The molecule has 0 bridgehead atoms. The summed E-state index contributed by atoms with van der Waals surface area (Å²) in [6.45, 7) is -2.48. The van der Waals surface area contributed by atoms with Crippen molar-refractivity contribution < 1.29 is 96.9 Å². The van der Waals surface area contributed by atoms with Crippen LogP contribution in [0.25, 0.3) is 0 Å². The van der Waals surface area contributed by atoms with Crippen molar-refractivity contribution in [3.63, 3.8) is 0 Å². The van der Waals surface area contributed by atoms with Gasteiger partial charge in [0.1, 0.15) is 24.4 Å². The first-order valence-corrected chi connectivity index (χ1v) is 8.48. The predicted octanol–water partition coefficient (Wildman–Crippen LogP) is 0.995. The van der Waals surface area contributed by atoms with E-state index in [1.807, 2.05) is 0 Å². The van der Waals surface area contributed by atoms with Gasteiger partial charge in [-0.2, -0.15) is 57.1 Å². The van der Waals surface area contributed by atoms with E-state index in [-0.39, 0.29) is 0 Å². The van der Waals surface area contributed by atoms with Crippen LogP contribution in [0.1, 0.15) is 0 Å². The van der Waals surface area contributed by atoms with Crippen LogP contribution in [0.3, 0.4) is 0 Å². The number of rotatable bonds is 9. The van der Waals surface area contributed by atoms with Gasteiger partial charge in [0.2, 0.25) is 0 Å². The molecule has 0 aliphatic carbocycles. The molecule has 1 aliphatic heterocycles. The van der Waals surface area contributed by atoms with Gasteiger partial charge in [-0.3, -0.25) is 0 Å². The van der Waals surface area contributed by atoms with Gasteiger partial charge >= 0.3 is 41.8 Å². The Morgan fingerprint density at radius 3 is 1.57 bits per heavy atom. The highest BCUT2D eigenvalue weighted by atomic mass is 19.4. The fourth-order valence-electron chi connectivity index (χ4n) is 2.47. The van der Waals surface area contributed by atoms with Crippen LogP contribution < -0.4 is 0 Å². The van der Waals surface area contributed by atoms with E-state index in [2.05, 4.69) is 9.47 Å². The van der Waals surface area contributed by atoms with E-state index in [9.17, 15) is 77.2 Å². The Morgan fingerprint density at radius 1 is 0.743 bits per heavy atom. The summed E-state index contributed by atoms with van der Waals surface area (Å²) in [5.74, 6) is -41.2. The van der Waals surface area contributed by atoms with Crippen molar-refractivity contribution in [2.75, 3.05) is 6.61 Å². The fraction of sp³-hybridized carbons (Fsp3) is 0.929. The number of ether oxygens (including phenoxy) is 2. The molecule has 0 spiro atoms. The lowest BCUT2D eigenvalue weighted by Crippen LogP contribution is -2.72. The van der Waals surface area contributed by atoms with Crippen molar-refractivity contribution in [1.29, 1.82) is 0 Å². The van der Waals surface area contributed by atoms with Crippen LogP contribution in [0.4, 0.5) is 57.1 Å². The van der Waals surface area contributed by atoms with Gasteiger partial charge in [-0.25, -0.2) is 4.79 Å². The first kappa shape index (κ1) is 31.4. The van der Waals surface area contributed by atoms with Crippen LogP contribution in [-0.4, -0.2) is 111 Å². The number of aliphatic hydroxyl groups is 4. The molecule has 0 radical (unpaired) electrons. The minimum absolute atomic E-state index is 2.10. The van der Waals surface area contributed by atoms with Gasteiger partial charge in [0.25, 0.3) is 0 Å². The molecule has 0 aromatic rings. The lowest BCUT2D eigenvalue weighted by atomic mass is 9.91. The topological polar surface area (TPSA) is 137 Å². The number of halogens is 13. The largest absolute Gasteiger partial charge is 0.479 e. The Balaban J connectivity index is 3.20. The van der Waals surface area contributed by atoms with Crippen LogP contribution in [0, 0.1) is 0 Å². The molecule has 1 heterocycles. The van der Waals surface area contributed by atoms with Crippen LogP contribution in [0.15, 0.2) is 0 Å². The molecule has 208 valence electrons. The van der Waals surface area contributed by atoms with Crippen molar-refractivity contribution >= 4 is 5.97 Å². The normalized spacial score (nSPS) is 28.7. The first-order chi connectivity index (χ1) is 15.3. The van der Waals surface area contributed by atoms with Gasteiger partial charge in [0.15, 0.2) is 12.4 Å². The minimum atomic E-state index is -8.19. The molecule has 0 aromatic carbocycles. The number of aliphatic hydroxyl groups excluding tert-OH is 4. The average Bonchev–Trinajstić information content (AvgIpc) is 2.69. The molecule has 8 nitrogen and oxygen atoms in total. The second-order valence-corrected chi connectivity index (χ2v) is 7.00. The Kier molecular flexibility index (Phi) is 8.35. The van der Waals surface area contributed by atoms with Gasteiger partial charge in [0, 0.05) is 0 Å². The van der Waals surface area contributed by atoms with Crippen molar-refractivity contribution in [1.82, 2.24) is 0 Å². The highest BCUT2D eigenvalue weighted by Crippen LogP contribution is 2.60. The van der Waals surface area contributed by atoms with E-state index < -0.39 is 85.2 Å². The summed E-state index contributed by atoms with van der Waals surface area (Å²) < 4.78 is 178. The average molecular weight is 556 g/mol. The molecule has 1 aliphatic rings. The lowest BCUT2D eigenvalue weighted by molar-refractivity contribution is -0.445. The molecule has 35 heavy (non-hydrogen) atoms. The molecule has 5 N–H and O–H groups in total. The Labute approximate surface area is 183 Å². The molecule has 21 heteroatoms. The molecular weight excluding hydrogens is 543 g/mol. The number of hydrogen-bond acceptors (Lipinski definition) is 7. The van der Waals surface area contributed by atoms with Crippen LogP contribution in [0.2, 0.25) is 0 Å². The second kappa shape index (κ2) is 9.32. The summed E-state index contributed by atoms with van der Waals surface area (Å²) in [7, 11) is 0. The number of alkyl halides is 13. The molecular formula is C14H13F13O8. The number of hydrogen-bond donors (Lipinski definition) is 5. The van der Waals surface area contributed by atoms with Crippen molar-refractivity contribution in [3.8, 4) is 0 Å². The Morgan fingerprint density at radius 2 is 1.17 bits per heavy atom. The van der Waals surface area contributed by atoms with E-state index in [1.165, 1.54) is 0 Å². The van der Waals surface area contributed by atoms with Gasteiger partial charge in [-0.05, 0) is 0 Å². The highest BCUT2D eigenvalue weighted by molar-refractivity contribution is 5.73. The van der Waals surface area contributed by atoms with Crippen LogP contribution in [0.5, 0.6) is 0 Å². The SMILES string of the molecule is O=C(O)[C@H]1O[C@@H](OCC(O)C(F)(F)C(F)(F)C(F)(F)C(F)(F)C(F)(F)C(F)(F)F)[C@H](O)[C@@H](O)[C@@H]1O.